The maximum Gasteiger partial charge on any atom is 0.359 e. The predicted molar refractivity (Wildman–Crippen MR) is 132 cm³/mol. The van der Waals surface area contributed by atoms with Crippen LogP contribution in [0.2, 0.25) is 0 Å². The quantitative estimate of drug-likeness (QED) is 0.304. The van der Waals surface area contributed by atoms with Gasteiger partial charge in [0.25, 0.3) is 0 Å². The lowest BCUT2D eigenvalue weighted by Gasteiger charge is -2.13. The molecule has 0 aromatic heterocycles. The number of benzene rings is 4. The van der Waals surface area contributed by atoms with Crippen LogP contribution >= 0.6 is 0 Å². The first-order valence-electron chi connectivity index (χ1n) is 10.7. The number of aliphatic hydroxyl groups is 2. The van der Waals surface area contributed by atoms with Gasteiger partial charge in [-0.3, -0.25) is 0 Å². The minimum absolute atomic E-state index is 0.134. The lowest BCUT2D eigenvalue weighted by Crippen LogP contribution is -2.44. The average molecular weight is 438 g/mol. The summed E-state index contributed by atoms with van der Waals surface area (Å²) in [7, 11) is 0. The number of aliphatic hydroxyl groups excluding tert-OH is 2. The first-order valence-corrected chi connectivity index (χ1v) is 10.7. The molecule has 0 radical (unpaired) electrons. The fourth-order valence-electron chi connectivity index (χ4n) is 3.82. The zero-order valence-electron chi connectivity index (χ0n) is 18.0. The van der Waals surface area contributed by atoms with Gasteiger partial charge in [0, 0.05) is 0 Å². The molecule has 0 atom stereocenters. The van der Waals surface area contributed by atoms with Crippen molar-refractivity contribution in [1.82, 2.24) is 0 Å². The molecule has 4 aromatic rings. The Hall–Kier alpha value is -3.35. The average Bonchev–Trinajstić information content (AvgIpc) is 2.88. The van der Waals surface area contributed by atoms with Crippen molar-refractivity contribution in [2.45, 2.75) is 13.2 Å². The molecule has 0 bridgehead atoms. The summed E-state index contributed by atoms with van der Waals surface area (Å²) in [5, 5.41) is 40.4. The Balaban J connectivity index is 1.45. The van der Waals surface area contributed by atoms with Gasteiger partial charge in [-0.05, 0) is 57.2 Å². The van der Waals surface area contributed by atoms with Crippen LogP contribution in [0.1, 0.15) is 11.1 Å². The van der Waals surface area contributed by atoms with Gasteiger partial charge in [-0.2, -0.15) is 0 Å². The van der Waals surface area contributed by atoms with Crippen LogP contribution < -0.4 is 26.6 Å². The molecule has 0 heterocycles. The van der Waals surface area contributed by atoms with Crippen molar-refractivity contribution in [3.63, 3.8) is 0 Å². The maximum atomic E-state index is 10.7. The van der Waals surface area contributed by atoms with Gasteiger partial charge >= 0.3 is 13.8 Å². The third-order valence-corrected chi connectivity index (χ3v) is 5.67. The number of rotatable bonds is 8. The van der Waals surface area contributed by atoms with Crippen molar-refractivity contribution in [3.8, 4) is 11.5 Å². The summed E-state index contributed by atoms with van der Waals surface area (Å²) in [5.74, 6) is 1.22. The van der Waals surface area contributed by atoms with Crippen LogP contribution in [0, 0.1) is 0 Å². The van der Waals surface area contributed by atoms with Gasteiger partial charge in [0.15, 0.2) is 0 Å². The second-order valence-electron chi connectivity index (χ2n) is 7.76. The third-order valence-electron chi connectivity index (χ3n) is 5.67. The first-order chi connectivity index (χ1) is 16.1. The summed E-state index contributed by atoms with van der Waals surface area (Å²) in [6.45, 7) is -1.95. The molecule has 33 heavy (non-hydrogen) atoms. The minimum atomic E-state index is -0.843. The highest BCUT2D eigenvalue weighted by atomic mass is 16.5. The van der Waals surface area contributed by atoms with Crippen LogP contribution in [-0.4, -0.2) is 34.1 Å². The highest BCUT2D eigenvalue weighted by Crippen LogP contribution is 2.19. The molecule has 0 saturated heterocycles. The van der Waals surface area contributed by atoms with E-state index in [4.69, 9.17) is 4.74 Å². The molecule has 0 aliphatic rings. The molecule has 0 spiro atoms. The van der Waals surface area contributed by atoms with E-state index in [1.807, 2.05) is 24.3 Å². The van der Waals surface area contributed by atoms with Gasteiger partial charge in [0.2, 0.25) is 0 Å². The Kier molecular flexibility index (Phi) is 7.27. The fourth-order valence-corrected chi connectivity index (χ4v) is 3.82. The van der Waals surface area contributed by atoms with Gasteiger partial charge in [0.1, 0.15) is 11.5 Å². The molecular formula is C26H24B2O5. The van der Waals surface area contributed by atoms with Crippen LogP contribution in [0.15, 0.2) is 97.1 Å². The summed E-state index contributed by atoms with van der Waals surface area (Å²) in [5.41, 5.74) is 4.12. The smallest absolute Gasteiger partial charge is 0.359 e. The van der Waals surface area contributed by atoms with Gasteiger partial charge in [0.05, 0.1) is 13.2 Å². The van der Waals surface area contributed by atoms with Crippen LogP contribution in [0.25, 0.3) is 0 Å². The van der Waals surface area contributed by atoms with E-state index in [-0.39, 0.29) is 13.2 Å². The molecule has 164 valence electrons. The summed E-state index contributed by atoms with van der Waals surface area (Å²) in [6, 6.07) is 28.8. The van der Waals surface area contributed by atoms with Gasteiger partial charge in [-0.25, -0.2) is 0 Å². The van der Waals surface area contributed by atoms with Crippen molar-refractivity contribution < 1.29 is 25.0 Å². The maximum absolute atomic E-state index is 10.7. The van der Waals surface area contributed by atoms with Crippen molar-refractivity contribution in [1.29, 1.82) is 0 Å². The molecule has 5 nitrogen and oxygen atoms in total. The topological polar surface area (TPSA) is 90.2 Å². The highest BCUT2D eigenvalue weighted by molar-refractivity contribution is 6.79. The fraction of sp³-hybridized carbons (Fsp3) is 0.0769. The van der Waals surface area contributed by atoms with Gasteiger partial charge < -0.3 is 25.0 Å². The second kappa shape index (κ2) is 10.5. The van der Waals surface area contributed by atoms with E-state index in [1.165, 1.54) is 0 Å². The molecule has 0 amide bonds. The van der Waals surface area contributed by atoms with E-state index in [9.17, 15) is 20.3 Å². The molecule has 4 N–H and O–H groups in total. The zero-order valence-corrected chi connectivity index (χ0v) is 18.0. The van der Waals surface area contributed by atoms with E-state index in [1.54, 1.807) is 72.8 Å². The van der Waals surface area contributed by atoms with Gasteiger partial charge in [-0.1, -0.05) is 72.8 Å². The predicted octanol–water partition coefficient (Wildman–Crippen LogP) is 0.659. The number of hydrogen-bond acceptors (Lipinski definition) is 5. The lowest BCUT2D eigenvalue weighted by atomic mass is 9.54. The summed E-state index contributed by atoms with van der Waals surface area (Å²) in [6.07, 6.45) is 0. The Morgan fingerprint density at radius 3 is 1.24 bits per heavy atom. The molecule has 4 aromatic carbocycles. The van der Waals surface area contributed by atoms with Crippen LogP contribution in [0.4, 0.5) is 0 Å². The molecule has 0 aliphatic heterocycles. The molecule has 0 fully saturated rings. The zero-order chi connectivity index (χ0) is 23.2. The SMILES string of the molecule is OCc1ccccc1B(O)c1ccc(Oc2ccc(B(O)c3ccccc3CO)cc2)cc1. The van der Waals surface area contributed by atoms with E-state index in [0.717, 1.165) is 0 Å². The van der Waals surface area contributed by atoms with E-state index >= 15 is 0 Å². The molecular weight excluding hydrogens is 414 g/mol. The molecule has 7 heteroatoms. The van der Waals surface area contributed by atoms with Crippen molar-refractivity contribution in [2.75, 3.05) is 0 Å². The third kappa shape index (κ3) is 5.18. The van der Waals surface area contributed by atoms with Crippen LogP contribution in [0.5, 0.6) is 11.5 Å². The summed E-state index contributed by atoms with van der Waals surface area (Å²) in [4.78, 5) is 0. The van der Waals surface area contributed by atoms with Crippen LogP contribution in [-0.2, 0) is 13.2 Å². The Morgan fingerprint density at radius 1 is 0.515 bits per heavy atom. The first kappa shape index (κ1) is 22.8. The van der Waals surface area contributed by atoms with Gasteiger partial charge in [-0.15, -0.1) is 0 Å². The summed E-state index contributed by atoms with van der Waals surface area (Å²) >= 11 is 0. The van der Waals surface area contributed by atoms with E-state index < -0.39 is 13.8 Å². The Bertz CT molecular complexity index is 1100. The number of ether oxygens (including phenoxy) is 1. The molecule has 0 unspecified atom stereocenters. The molecule has 0 saturated carbocycles. The van der Waals surface area contributed by atoms with E-state index in [2.05, 4.69) is 0 Å². The van der Waals surface area contributed by atoms with Crippen molar-refractivity contribution in [2.24, 2.45) is 0 Å². The second-order valence-corrected chi connectivity index (χ2v) is 7.76. The standard InChI is InChI=1S/C26H24B2O5/c29-17-19-5-1-3-7-25(19)27(31)21-9-13-23(14-10-21)33-24-15-11-22(12-16-24)28(32)26-8-4-2-6-20(26)18-30/h1-16,29-32H,17-18H2. The van der Waals surface area contributed by atoms with E-state index in [0.29, 0.717) is 44.5 Å². The van der Waals surface area contributed by atoms with Crippen molar-refractivity contribution >= 4 is 35.7 Å². The van der Waals surface area contributed by atoms with Crippen LogP contribution in [0.3, 0.4) is 0 Å². The lowest BCUT2D eigenvalue weighted by molar-refractivity contribution is 0.282. The highest BCUT2D eigenvalue weighted by Gasteiger charge is 2.21. The monoisotopic (exact) mass is 438 g/mol. The number of hydrogen-bond donors (Lipinski definition) is 4. The Labute approximate surface area is 193 Å². The normalized spacial score (nSPS) is 10.7. The Morgan fingerprint density at radius 2 is 0.879 bits per heavy atom. The summed E-state index contributed by atoms with van der Waals surface area (Å²) < 4.78 is 5.91. The molecule has 4 rings (SSSR count). The minimum Gasteiger partial charge on any atom is -0.457 e. The largest absolute Gasteiger partial charge is 0.457 e. The molecule has 0 aliphatic carbocycles. The van der Waals surface area contributed by atoms with Crippen molar-refractivity contribution in [3.05, 3.63) is 108 Å².